The Kier molecular flexibility index (Phi) is 4.54. The Balaban J connectivity index is 2.02. The summed E-state index contributed by atoms with van der Waals surface area (Å²) in [6, 6.07) is 9.31. The summed E-state index contributed by atoms with van der Waals surface area (Å²) in [4.78, 5) is 0.214. The highest BCUT2D eigenvalue weighted by Gasteiger charge is 2.23. The highest BCUT2D eigenvalue weighted by atomic mass is 32.2. The predicted molar refractivity (Wildman–Crippen MR) is 96.4 cm³/mol. The number of ether oxygens (including phenoxy) is 1. The van der Waals surface area contributed by atoms with Gasteiger partial charge in [-0.2, -0.15) is 0 Å². The SMILES string of the molecule is COc1cc2c(cc1S(=O)(=O)Nc1ccc(C)cc1C)CCCC2. The topological polar surface area (TPSA) is 55.4 Å². The van der Waals surface area contributed by atoms with Gasteiger partial charge in [0.2, 0.25) is 0 Å². The minimum atomic E-state index is -3.70. The number of benzene rings is 2. The van der Waals surface area contributed by atoms with Crippen LogP contribution in [-0.2, 0) is 22.9 Å². The lowest BCUT2D eigenvalue weighted by Crippen LogP contribution is -2.16. The molecule has 2 aromatic carbocycles. The minimum Gasteiger partial charge on any atom is -0.495 e. The Hall–Kier alpha value is -2.01. The van der Waals surface area contributed by atoms with Crippen LogP contribution in [0.5, 0.6) is 5.75 Å². The van der Waals surface area contributed by atoms with Crippen molar-refractivity contribution in [3.05, 3.63) is 52.6 Å². The summed E-state index contributed by atoms with van der Waals surface area (Å²) in [5.74, 6) is 0.410. The van der Waals surface area contributed by atoms with E-state index in [9.17, 15) is 8.42 Å². The molecule has 1 N–H and O–H groups in total. The van der Waals surface area contributed by atoms with Gasteiger partial charge in [0, 0.05) is 0 Å². The van der Waals surface area contributed by atoms with Crippen LogP contribution in [0.15, 0.2) is 35.2 Å². The van der Waals surface area contributed by atoms with Gasteiger partial charge in [0.25, 0.3) is 10.0 Å². The first-order chi connectivity index (χ1) is 11.4. The van der Waals surface area contributed by atoms with Crippen molar-refractivity contribution in [2.75, 3.05) is 11.8 Å². The molecule has 1 aliphatic carbocycles. The summed E-state index contributed by atoms with van der Waals surface area (Å²) < 4.78 is 33.9. The van der Waals surface area contributed by atoms with Crippen LogP contribution in [0, 0.1) is 13.8 Å². The fraction of sp³-hybridized carbons (Fsp3) is 0.368. The molecule has 3 rings (SSSR count). The second-order valence-electron chi connectivity index (χ2n) is 6.40. The number of anilines is 1. The van der Waals surface area contributed by atoms with E-state index in [1.165, 1.54) is 12.7 Å². The summed E-state index contributed by atoms with van der Waals surface area (Å²) in [6.45, 7) is 3.88. The van der Waals surface area contributed by atoms with Crippen LogP contribution in [0.25, 0.3) is 0 Å². The molecule has 0 bridgehead atoms. The molecular formula is C19H23NO3S. The molecule has 0 saturated heterocycles. The molecule has 0 fully saturated rings. The third kappa shape index (κ3) is 3.26. The first-order valence-corrected chi connectivity index (χ1v) is 9.69. The zero-order chi connectivity index (χ0) is 17.3. The smallest absolute Gasteiger partial charge is 0.265 e. The van der Waals surface area contributed by atoms with Crippen molar-refractivity contribution in [3.63, 3.8) is 0 Å². The fourth-order valence-corrected chi connectivity index (χ4v) is 4.57. The number of methoxy groups -OCH3 is 1. The van der Waals surface area contributed by atoms with Crippen LogP contribution in [0.4, 0.5) is 5.69 Å². The molecule has 0 amide bonds. The Labute approximate surface area is 143 Å². The van der Waals surface area contributed by atoms with E-state index in [0.717, 1.165) is 42.4 Å². The van der Waals surface area contributed by atoms with Crippen LogP contribution in [0.3, 0.4) is 0 Å². The first-order valence-electron chi connectivity index (χ1n) is 8.20. The summed E-state index contributed by atoms with van der Waals surface area (Å²) in [5, 5.41) is 0. The molecule has 0 unspecified atom stereocenters. The van der Waals surface area contributed by atoms with Gasteiger partial charge < -0.3 is 4.74 Å². The van der Waals surface area contributed by atoms with E-state index in [4.69, 9.17) is 4.74 Å². The molecule has 0 aliphatic heterocycles. The minimum absolute atomic E-state index is 0.214. The molecule has 0 radical (unpaired) electrons. The lowest BCUT2D eigenvalue weighted by Gasteiger charge is -2.20. The summed E-state index contributed by atoms with van der Waals surface area (Å²) in [7, 11) is -2.19. The van der Waals surface area contributed by atoms with Crippen molar-refractivity contribution >= 4 is 15.7 Å². The Morgan fingerprint density at radius 3 is 2.29 bits per heavy atom. The van der Waals surface area contributed by atoms with Gasteiger partial charge in [-0.25, -0.2) is 8.42 Å². The van der Waals surface area contributed by atoms with Crippen molar-refractivity contribution < 1.29 is 13.2 Å². The number of aryl methyl sites for hydroxylation is 4. The predicted octanol–water partition coefficient (Wildman–Crippen LogP) is 3.99. The highest BCUT2D eigenvalue weighted by molar-refractivity contribution is 7.92. The molecule has 0 spiro atoms. The van der Waals surface area contributed by atoms with E-state index in [0.29, 0.717) is 11.4 Å². The third-order valence-electron chi connectivity index (χ3n) is 4.54. The number of hydrogen-bond acceptors (Lipinski definition) is 3. The largest absolute Gasteiger partial charge is 0.495 e. The molecular weight excluding hydrogens is 322 g/mol. The van der Waals surface area contributed by atoms with E-state index in [2.05, 4.69) is 4.72 Å². The normalized spacial score (nSPS) is 14.1. The first kappa shape index (κ1) is 16.8. The van der Waals surface area contributed by atoms with E-state index >= 15 is 0 Å². The van der Waals surface area contributed by atoms with Crippen molar-refractivity contribution in [3.8, 4) is 5.75 Å². The molecule has 4 nitrogen and oxygen atoms in total. The average molecular weight is 345 g/mol. The maximum absolute atomic E-state index is 12.9. The Bertz CT molecular complexity index is 872. The number of nitrogens with one attached hydrogen (secondary N) is 1. The van der Waals surface area contributed by atoms with Crippen LogP contribution >= 0.6 is 0 Å². The van der Waals surface area contributed by atoms with Gasteiger partial charge in [-0.3, -0.25) is 4.72 Å². The maximum atomic E-state index is 12.9. The van der Waals surface area contributed by atoms with Crippen molar-refractivity contribution in [2.24, 2.45) is 0 Å². The number of hydrogen-bond donors (Lipinski definition) is 1. The number of fused-ring (bicyclic) bond motifs is 1. The average Bonchev–Trinajstić information content (AvgIpc) is 2.56. The van der Waals surface area contributed by atoms with Gasteiger partial charge in [-0.15, -0.1) is 0 Å². The zero-order valence-electron chi connectivity index (χ0n) is 14.3. The second-order valence-corrected chi connectivity index (χ2v) is 8.05. The molecule has 0 aromatic heterocycles. The van der Waals surface area contributed by atoms with Crippen molar-refractivity contribution in [2.45, 2.75) is 44.4 Å². The Morgan fingerprint density at radius 2 is 1.67 bits per heavy atom. The van der Waals surface area contributed by atoms with E-state index < -0.39 is 10.0 Å². The van der Waals surface area contributed by atoms with E-state index in [1.54, 1.807) is 12.1 Å². The highest BCUT2D eigenvalue weighted by Crippen LogP contribution is 2.33. The summed E-state index contributed by atoms with van der Waals surface area (Å²) >= 11 is 0. The molecule has 128 valence electrons. The lowest BCUT2D eigenvalue weighted by molar-refractivity contribution is 0.401. The Morgan fingerprint density at radius 1 is 1.00 bits per heavy atom. The van der Waals surface area contributed by atoms with Gasteiger partial charge >= 0.3 is 0 Å². The monoisotopic (exact) mass is 345 g/mol. The van der Waals surface area contributed by atoms with Gasteiger partial charge in [-0.1, -0.05) is 17.7 Å². The molecule has 0 atom stereocenters. The summed E-state index contributed by atoms with van der Waals surface area (Å²) in [6.07, 6.45) is 4.15. The standard InChI is InChI=1S/C19H23NO3S/c1-13-8-9-17(14(2)10-13)20-24(21,22)19-12-16-7-5-4-6-15(16)11-18(19)23-3/h8-12,20H,4-7H2,1-3H3. The van der Waals surface area contributed by atoms with Crippen LogP contribution in [0.2, 0.25) is 0 Å². The molecule has 5 heteroatoms. The van der Waals surface area contributed by atoms with Crippen LogP contribution < -0.4 is 9.46 Å². The van der Waals surface area contributed by atoms with Gasteiger partial charge in [0.15, 0.2) is 0 Å². The maximum Gasteiger partial charge on any atom is 0.265 e. The molecule has 24 heavy (non-hydrogen) atoms. The van der Waals surface area contributed by atoms with Crippen molar-refractivity contribution in [1.82, 2.24) is 0 Å². The molecule has 1 aliphatic rings. The third-order valence-corrected chi connectivity index (χ3v) is 5.93. The fourth-order valence-electron chi connectivity index (χ4n) is 3.24. The van der Waals surface area contributed by atoms with Crippen molar-refractivity contribution in [1.29, 1.82) is 0 Å². The lowest BCUT2D eigenvalue weighted by atomic mass is 9.92. The van der Waals surface area contributed by atoms with Crippen LogP contribution in [-0.4, -0.2) is 15.5 Å². The van der Waals surface area contributed by atoms with E-state index in [-0.39, 0.29) is 4.90 Å². The van der Waals surface area contributed by atoms with Gasteiger partial charge in [-0.05, 0) is 74.4 Å². The molecule has 0 saturated carbocycles. The van der Waals surface area contributed by atoms with Gasteiger partial charge in [0.05, 0.1) is 12.8 Å². The molecule has 2 aromatic rings. The summed E-state index contributed by atoms with van der Waals surface area (Å²) in [5.41, 5.74) is 4.91. The van der Waals surface area contributed by atoms with E-state index in [1.807, 2.05) is 32.0 Å². The van der Waals surface area contributed by atoms with Crippen LogP contribution in [0.1, 0.15) is 35.1 Å². The second kappa shape index (κ2) is 6.48. The van der Waals surface area contributed by atoms with Gasteiger partial charge in [0.1, 0.15) is 10.6 Å². The quantitative estimate of drug-likeness (QED) is 0.911. The zero-order valence-corrected chi connectivity index (χ0v) is 15.2. The molecule has 0 heterocycles. The number of rotatable bonds is 4. The number of sulfonamides is 1.